The Bertz CT molecular complexity index is 564. The minimum absolute atomic E-state index is 0.0261. The van der Waals surface area contributed by atoms with Crippen LogP contribution in [-0.2, 0) is 9.05 Å². The van der Waals surface area contributed by atoms with Gasteiger partial charge in [0.2, 0.25) is 0 Å². The Labute approximate surface area is 108 Å². The average molecular weight is 294 g/mol. The average Bonchev–Trinajstić information content (AvgIpc) is 2.73. The molecule has 2 rings (SSSR count). The van der Waals surface area contributed by atoms with Gasteiger partial charge in [-0.05, 0) is 25.3 Å². The second kappa shape index (κ2) is 4.26. The zero-order chi connectivity index (χ0) is 12.8. The van der Waals surface area contributed by atoms with Gasteiger partial charge in [-0.3, -0.25) is 4.79 Å². The molecule has 0 aromatic carbocycles. The summed E-state index contributed by atoms with van der Waals surface area (Å²) in [4.78, 5) is 12.7. The van der Waals surface area contributed by atoms with Crippen LogP contribution in [0.4, 0.5) is 0 Å². The molecule has 0 spiro atoms. The molecular formula is C10H12ClNO3S2. The molecular weight excluding hydrogens is 282 g/mol. The highest BCUT2D eigenvalue weighted by atomic mass is 35.7. The highest BCUT2D eigenvalue weighted by Gasteiger charge is 2.34. The molecule has 2 unspecified atom stereocenters. The molecule has 2 atom stereocenters. The Morgan fingerprint density at radius 2 is 2.18 bits per heavy atom. The number of halogens is 1. The number of thiophene rings is 1. The summed E-state index contributed by atoms with van der Waals surface area (Å²) in [5, 5.41) is 2.85. The van der Waals surface area contributed by atoms with Gasteiger partial charge in [-0.15, -0.1) is 11.3 Å². The first-order chi connectivity index (χ1) is 7.79. The summed E-state index contributed by atoms with van der Waals surface area (Å²) < 4.78 is 22.4. The zero-order valence-corrected chi connectivity index (χ0v) is 11.7. The molecule has 1 saturated carbocycles. The van der Waals surface area contributed by atoms with E-state index in [-0.39, 0.29) is 16.8 Å². The van der Waals surface area contributed by atoms with Crippen molar-refractivity contribution in [2.24, 2.45) is 5.92 Å². The Morgan fingerprint density at radius 3 is 2.59 bits per heavy atom. The number of hydrogen-bond donors (Lipinski definition) is 1. The van der Waals surface area contributed by atoms with Crippen LogP contribution in [0, 0.1) is 12.8 Å². The van der Waals surface area contributed by atoms with E-state index in [0.29, 0.717) is 15.7 Å². The highest BCUT2D eigenvalue weighted by molar-refractivity contribution is 8.13. The van der Waals surface area contributed by atoms with Crippen molar-refractivity contribution in [3.05, 3.63) is 15.8 Å². The molecule has 1 aromatic heterocycles. The summed E-state index contributed by atoms with van der Waals surface area (Å²) in [7, 11) is 1.50. The third-order valence-corrected chi connectivity index (χ3v) is 5.41. The van der Waals surface area contributed by atoms with Crippen LogP contribution in [-0.4, -0.2) is 20.4 Å². The minimum atomic E-state index is -3.77. The van der Waals surface area contributed by atoms with Crippen LogP contribution >= 0.6 is 22.0 Å². The molecule has 17 heavy (non-hydrogen) atoms. The number of hydrogen-bond acceptors (Lipinski definition) is 4. The quantitative estimate of drug-likeness (QED) is 0.868. The van der Waals surface area contributed by atoms with Gasteiger partial charge in [0.15, 0.2) is 0 Å². The van der Waals surface area contributed by atoms with Crippen LogP contribution in [0.2, 0.25) is 0 Å². The molecule has 4 nitrogen and oxygen atoms in total. The topological polar surface area (TPSA) is 63.2 Å². The Morgan fingerprint density at radius 1 is 1.59 bits per heavy atom. The molecule has 1 aromatic rings. The lowest BCUT2D eigenvalue weighted by molar-refractivity contribution is 0.0953. The molecule has 1 N–H and O–H groups in total. The summed E-state index contributed by atoms with van der Waals surface area (Å²) in [6, 6.07) is 1.56. The predicted octanol–water partition coefficient (Wildman–Crippen LogP) is 2.12. The molecule has 7 heteroatoms. The van der Waals surface area contributed by atoms with Crippen molar-refractivity contribution in [3.8, 4) is 0 Å². The summed E-state index contributed by atoms with van der Waals surface area (Å²) in [5.41, 5.74) is 0. The van der Waals surface area contributed by atoms with Gasteiger partial charge >= 0.3 is 0 Å². The molecule has 1 aliphatic rings. The number of nitrogens with one attached hydrogen (secondary N) is 1. The SMILES string of the molecule is Cc1sc(C(=O)NC2CC2C)cc1S(=O)(=O)Cl. The van der Waals surface area contributed by atoms with Crippen molar-refractivity contribution in [2.45, 2.75) is 31.2 Å². The van der Waals surface area contributed by atoms with Crippen LogP contribution in [0.25, 0.3) is 0 Å². The van der Waals surface area contributed by atoms with E-state index in [9.17, 15) is 13.2 Å². The standard InChI is InChI=1S/C10H12ClNO3S2/c1-5-3-7(5)12-10(13)8-4-9(6(2)16-8)17(11,14)15/h4-5,7H,3H2,1-2H3,(H,12,13). The van der Waals surface area contributed by atoms with Crippen LogP contribution in [0.1, 0.15) is 27.9 Å². The highest BCUT2D eigenvalue weighted by Crippen LogP contribution is 2.31. The summed E-state index contributed by atoms with van der Waals surface area (Å²) in [6.07, 6.45) is 0.983. The van der Waals surface area contributed by atoms with Crippen molar-refractivity contribution >= 4 is 37.0 Å². The minimum Gasteiger partial charge on any atom is -0.348 e. The van der Waals surface area contributed by atoms with E-state index in [1.807, 2.05) is 0 Å². The van der Waals surface area contributed by atoms with Crippen LogP contribution in [0.5, 0.6) is 0 Å². The largest absolute Gasteiger partial charge is 0.348 e. The second-order valence-electron chi connectivity index (χ2n) is 4.26. The lowest BCUT2D eigenvalue weighted by Gasteiger charge is -1.99. The van der Waals surface area contributed by atoms with Crippen molar-refractivity contribution in [2.75, 3.05) is 0 Å². The molecule has 1 heterocycles. The molecule has 0 radical (unpaired) electrons. The fraction of sp³-hybridized carbons (Fsp3) is 0.500. The third kappa shape index (κ3) is 2.81. The van der Waals surface area contributed by atoms with E-state index in [1.165, 1.54) is 6.07 Å². The third-order valence-electron chi connectivity index (χ3n) is 2.78. The lowest BCUT2D eigenvalue weighted by Crippen LogP contribution is -2.25. The van der Waals surface area contributed by atoms with Gasteiger partial charge in [0.1, 0.15) is 0 Å². The number of rotatable bonds is 3. The fourth-order valence-corrected chi connectivity index (χ4v) is 4.15. The number of amides is 1. The predicted molar refractivity (Wildman–Crippen MR) is 67.1 cm³/mol. The molecule has 94 valence electrons. The van der Waals surface area contributed by atoms with Crippen LogP contribution in [0.3, 0.4) is 0 Å². The van der Waals surface area contributed by atoms with Crippen LogP contribution in [0.15, 0.2) is 11.0 Å². The van der Waals surface area contributed by atoms with Gasteiger partial charge in [-0.2, -0.15) is 0 Å². The summed E-state index contributed by atoms with van der Waals surface area (Å²) in [6.45, 7) is 3.69. The molecule has 0 aliphatic heterocycles. The first kappa shape index (κ1) is 12.9. The van der Waals surface area contributed by atoms with E-state index in [4.69, 9.17) is 10.7 Å². The Balaban J connectivity index is 2.20. The van der Waals surface area contributed by atoms with Gasteiger partial charge in [0.05, 0.1) is 9.77 Å². The van der Waals surface area contributed by atoms with Crippen molar-refractivity contribution in [1.29, 1.82) is 0 Å². The molecule has 1 fully saturated rings. The number of aryl methyl sites for hydroxylation is 1. The van der Waals surface area contributed by atoms with E-state index < -0.39 is 9.05 Å². The maximum absolute atomic E-state index is 11.8. The van der Waals surface area contributed by atoms with Gasteiger partial charge in [0, 0.05) is 21.6 Å². The van der Waals surface area contributed by atoms with Gasteiger partial charge < -0.3 is 5.32 Å². The van der Waals surface area contributed by atoms with E-state index >= 15 is 0 Å². The lowest BCUT2D eigenvalue weighted by atomic mass is 10.4. The van der Waals surface area contributed by atoms with Crippen molar-refractivity contribution in [1.82, 2.24) is 5.32 Å². The molecule has 0 saturated heterocycles. The summed E-state index contributed by atoms with van der Waals surface area (Å²) in [5.74, 6) is 0.287. The van der Waals surface area contributed by atoms with E-state index in [1.54, 1.807) is 6.92 Å². The van der Waals surface area contributed by atoms with Gasteiger partial charge in [-0.1, -0.05) is 6.92 Å². The Hall–Kier alpha value is -0.590. The smallest absolute Gasteiger partial charge is 0.262 e. The monoisotopic (exact) mass is 293 g/mol. The molecule has 0 bridgehead atoms. The maximum Gasteiger partial charge on any atom is 0.262 e. The second-order valence-corrected chi connectivity index (χ2v) is 8.05. The first-order valence-electron chi connectivity index (χ1n) is 5.15. The van der Waals surface area contributed by atoms with Gasteiger partial charge in [-0.25, -0.2) is 8.42 Å². The first-order valence-corrected chi connectivity index (χ1v) is 8.27. The maximum atomic E-state index is 11.8. The normalized spacial score (nSPS) is 23.5. The van der Waals surface area contributed by atoms with Gasteiger partial charge in [0.25, 0.3) is 15.0 Å². The number of carbonyl (C=O) groups is 1. The van der Waals surface area contributed by atoms with E-state index in [2.05, 4.69) is 12.2 Å². The molecule has 1 aliphatic carbocycles. The number of carbonyl (C=O) groups excluding carboxylic acids is 1. The van der Waals surface area contributed by atoms with E-state index in [0.717, 1.165) is 17.8 Å². The summed E-state index contributed by atoms with van der Waals surface area (Å²) >= 11 is 1.14. The van der Waals surface area contributed by atoms with Crippen molar-refractivity contribution < 1.29 is 13.2 Å². The fourth-order valence-electron chi connectivity index (χ4n) is 1.58. The molecule has 1 amide bonds. The Kier molecular flexibility index (Phi) is 3.22. The van der Waals surface area contributed by atoms with Crippen molar-refractivity contribution in [3.63, 3.8) is 0 Å². The van der Waals surface area contributed by atoms with Crippen LogP contribution < -0.4 is 5.32 Å². The zero-order valence-electron chi connectivity index (χ0n) is 9.36.